The normalized spacial score (nSPS) is 14.3. The minimum atomic E-state index is 0.133. The van der Waals surface area contributed by atoms with Gasteiger partial charge in [0.15, 0.2) is 0 Å². The topological polar surface area (TPSA) is 71.3 Å². The molecule has 2 aromatic carbocycles. The monoisotopic (exact) mass is 458 g/mol. The van der Waals surface area contributed by atoms with Crippen molar-refractivity contribution in [3.8, 4) is 22.6 Å². The lowest BCUT2D eigenvalue weighted by molar-refractivity contribution is 0.183. The van der Waals surface area contributed by atoms with E-state index in [-0.39, 0.29) is 5.92 Å². The quantitative estimate of drug-likeness (QED) is 0.330. The molecule has 2 heterocycles. The van der Waals surface area contributed by atoms with Gasteiger partial charge in [-0.05, 0) is 47.7 Å². The summed E-state index contributed by atoms with van der Waals surface area (Å²) in [6.45, 7) is 1.35. The highest BCUT2D eigenvalue weighted by molar-refractivity contribution is 5.81. The van der Waals surface area contributed by atoms with Crippen LogP contribution in [-0.2, 0) is 11.3 Å². The molecule has 34 heavy (non-hydrogen) atoms. The van der Waals surface area contributed by atoms with Gasteiger partial charge in [-0.3, -0.25) is 9.67 Å². The molecule has 1 saturated carbocycles. The summed E-state index contributed by atoms with van der Waals surface area (Å²) in [5, 5.41) is 4.44. The molecular formula is C27H30N4O3. The van der Waals surface area contributed by atoms with Crippen LogP contribution in [0.5, 0.6) is 11.5 Å². The maximum Gasteiger partial charge on any atom is 0.122 e. The number of aromatic nitrogens is 4. The summed E-state index contributed by atoms with van der Waals surface area (Å²) in [6.07, 6.45) is 9.43. The van der Waals surface area contributed by atoms with Crippen LogP contribution in [0.4, 0.5) is 0 Å². The Bertz CT molecular complexity index is 1260. The second-order valence-electron chi connectivity index (χ2n) is 8.86. The van der Waals surface area contributed by atoms with E-state index in [4.69, 9.17) is 24.2 Å². The van der Waals surface area contributed by atoms with E-state index in [0.717, 1.165) is 63.8 Å². The lowest BCUT2D eigenvalue weighted by Crippen LogP contribution is -2.07. The number of methoxy groups -OCH3 is 3. The Morgan fingerprint density at radius 2 is 1.74 bits per heavy atom. The summed E-state index contributed by atoms with van der Waals surface area (Å²) in [5.74, 6) is 2.44. The molecule has 0 N–H and O–H groups in total. The molecule has 1 fully saturated rings. The minimum Gasteiger partial charge on any atom is -0.497 e. The molecule has 0 amide bonds. The van der Waals surface area contributed by atoms with Crippen LogP contribution < -0.4 is 9.47 Å². The Balaban J connectivity index is 1.51. The fourth-order valence-corrected chi connectivity index (χ4v) is 4.34. The number of nitrogens with zero attached hydrogens (tertiary/aromatic N) is 4. The first-order chi connectivity index (χ1) is 16.7. The van der Waals surface area contributed by atoms with Crippen LogP contribution in [0.1, 0.15) is 36.4 Å². The predicted octanol–water partition coefficient (Wildman–Crippen LogP) is 5.09. The second kappa shape index (κ2) is 9.81. The molecule has 5 rings (SSSR count). The van der Waals surface area contributed by atoms with Crippen LogP contribution in [0.3, 0.4) is 0 Å². The van der Waals surface area contributed by atoms with Crippen LogP contribution in [-0.4, -0.2) is 47.7 Å². The lowest BCUT2D eigenvalue weighted by Gasteiger charge is -2.19. The van der Waals surface area contributed by atoms with E-state index in [1.54, 1.807) is 21.3 Å². The average molecular weight is 459 g/mol. The molecule has 1 atom stereocenters. The van der Waals surface area contributed by atoms with Gasteiger partial charge in [0.1, 0.15) is 11.5 Å². The largest absolute Gasteiger partial charge is 0.497 e. The van der Waals surface area contributed by atoms with Gasteiger partial charge >= 0.3 is 0 Å². The van der Waals surface area contributed by atoms with Gasteiger partial charge in [-0.25, -0.2) is 4.98 Å². The number of benzene rings is 2. The van der Waals surface area contributed by atoms with Crippen molar-refractivity contribution in [1.29, 1.82) is 0 Å². The predicted molar refractivity (Wildman–Crippen MR) is 131 cm³/mol. The van der Waals surface area contributed by atoms with Crippen LogP contribution in [0, 0.1) is 5.92 Å². The SMILES string of the molecule is COCCn1cc(-c2ccc3ncc(C(CC4CC4)c4cc(OC)cc(OC)c4)nc3c2)cn1. The van der Waals surface area contributed by atoms with Gasteiger partial charge in [-0.1, -0.05) is 18.9 Å². The molecule has 4 aromatic rings. The van der Waals surface area contributed by atoms with E-state index in [0.29, 0.717) is 6.61 Å². The van der Waals surface area contributed by atoms with Crippen molar-refractivity contribution in [3.63, 3.8) is 0 Å². The summed E-state index contributed by atoms with van der Waals surface area (Å²) in [7, 11) is 5.06. The van der Waals surface area contributed by atoms with Gasteiger partial charge in [0, 0.05) is 37.1 Å². The number of hydrogen-bond acceptors (Lipinski definition) is 6. The fraction of sp³-hybridized carbons (Fsp3) is 0.370. The smallest absolute Gasteiger partial charge is 0.122 e. The van der Waals surface area contributed by atoms with Gasteiger partial charge in [0.05, 0.1) is 50.3 Å². The molecule has 0 bridgehead atoms. The standard InChI is InChI=1S/C27H30N4O3/c1-32-9-8-31-17-21(15-29-31)19-6-7-25-26(13-19)30-27(16-28-25)24(10-18-4-5-18)20-11-22(33-2)14-23(12-20)34-3/h6-7,11-18,24H,4-5,8-10H2,1-3H3. The minimum absolute atomic E-state index is 0.133. The zero-order valence-corrected chi connectivity index (χ0v) is 19.9. The third-order valence-corrected chi connectivity index (χ3v) is 6.45. The second-order valence-corrected chi connectivity index (χ2v) is 8.86. The molecule has 0 radical (unpaired) electrons. The van der Waals surface area contributed by atoms with E-state index >= 15 is 0 Å². The molecule has 1 aliphatic carbocycles. The third kappa shape index (κ3) is 4.89. The molecule has 0 spiro atoms. The molecule has 2 aromatic heterocycles. The zero-order chi connectivity index (χ0) is 23.5. The van der Waals surface area contributed by atoms with Crippen molar-refractivity contribution in [2.24, 2.45) is 5.92 Å². The maximum absolute atomic E-state index is 5.53. The van der Waals surface area contributed by atoms with E-state index in [9.17, 15) is 0 Å². The zero-order valence-electron chi connectivity index (χ0n) is 19.9. The Kier molecular flexibility index (Phi) is 6.45. The number of rotatable bonds is 10. The maximum atomic E-state index is 5.53. The summed E-state index contributed by atoms with van der Waals surface area (Å²) in [4.78, 5) is 9.85. The van der Waals surface area contributed by atoms with E-state index < -0.39 is 0 Å². The molecule has 0 aliphatic heterocycles. The van der Waals surface area contributed by atoms with Crippen molar-refractivity contribution < 1.29 is 14.2 Å². The van der Waals surface area contributed by atoms with Crippen molar-refractivity contribution in [1.82, 2.24) is 19.7 Å². The Hall–Kier alpha value is -3.45. The van der Waals surface area contributed by atoms with Crippen LogP contribution in [0.15, 0.2) is 55.0 Å². The summed E-state index contributed by atoms with van der Waals surface area (Å²) >= 11 is 0. The molecule has 1 aliphatic rings. The first kappa shape index (κ1) is 22.3. The van der Waals surface area contributed by atoms with Crippen molar-refractivity contribution in [3.05, 3.63) is 66.2 Å². The first-order valence-electron chi connectivity index (χ1n) is 11.7. The van der Waals surface area contributed by atoms with Crippen LogP contribution in [0.2, 0.25) is 0 Å². The molecular weight excluding hydrogens is 428 g/mol. The molecule has 7 heteroatoms. The highest BCUT2D eigenvalue weighted by Gasteiger charge is 2.29. The van der Waals surface area contributed by atoms with E-state index in [1.807, 2.05) is 35.4 Å². The van der Waals surface area contributed by atoms with Gasteiger partial charge in [0.2, 0.25) is 0 Å². The summed E-state index contributed by atoms with van der Waals surface area (Å²) < 4.78 is 18.1. The first-order valence-corrected chi connectivity index (χ1v) is 11.7. The van der Waals surface area contributed by atoms with Crippen molar-refractivity contribution in [2.45, 2.75) is 31.7 Å². The number of hydrogen-bond donors (Lipinski definition) is 0. The van der Waals surface area contributed by atoms with E-state index in [1.165, 1.54) is 12.8 Å². The Morgan fingerprint density at radius 1 is 0.941 bits per heavy atom. The Labute approximate surface area is 199 Å². The fourth-order valence-electron chi connectivity index (χ4n) is 4.34. The molecule has 0 saturated heterocycles. The molecule has 176 valence electrons. The third-order valence-electron chi connectivity index (χ3n) is 6.45. The lowest BCUT2D eigenvalue weighted by atomic mass is 9.90. The van der Waals surface area contributed by atoms with E-state index in [2.05, 4.69) is 29.4 Å². The summed E-state index contributed by atoms with van der Waals surface area (Å²) in [5.41, 5.74) is 6.01. The number of fused-ring (bicyclic) bond motifs is 1. The van der Waals surface area contributed by atoms with Gasteiger partial charge < -0.3 is 14.2 Å². The number of ether oxygens (including phenoxy) is 3. The Morgan fingerprint density at radius 3 is 2.44 bits per heavy atom. The van der Waals surface area contributed by atoms with Gasteiger partial charge in [-0.15, -0.1) is 0 Å². The van der Waals surface area contributed by atoms with Crippen LogP contribution in [0.25, 0.3) is 22.2 Å². The highest BCUT2D eigenvalue weighted by atomic mass is 16.5. The van der Waals surface area contributed by atoms with Crippen molar-refractivity contribution in [2.75, 3.05) is 27.9 Å². The van der Waals surface area contributed by atoms with Crippen molar-refractivity contribution >= 4 is 11.0 Å². The van der Waals surface area contributed by atoms with Gasteiger partial charge in [0.25, 0.3) is 0 Å². The summed E-state index contributed by atoms with van der Waals surface area (Å²) in [6, 6.07) is 12.3. The highest BCUT2D eigenvalue weighted by Crippen LogP contribution is 2.42. The molecule has 7 nitrogen and oxygen atoms in total. The molecule has 1 unspecified atom stereocenters. The van der Waals surface area contributed by atoms with Gasteiger partial charge in [-0.2, -0.15) is 5.10 Å². The van der Waals surface area contributed by atoms with Crippen LogP contribution >= 0.6 is 0 Å². The average Bonchev–Trinajstić information content (AvgIpc) is 3.58.